The SMILES string of the molecule is COc1ccc(OC)c(Sc2cc(-c3cccc4ccccc34)nc(N)n2)c1. The predicted molar refractivity (Wildman–Crippen MR) is 113 cm³/mol. The highest BCUT2D eigenvalue weighted by Gasteiger charge is 2.12. The van der Waals surface area contributed by atoms with Crippen molar-refractivity contribution in [3.8, 4) is 22.8 Å². The van der Waals surface area contributed by atoms with E-state index >= 15 is 0 Å². The molecule has 3 aromatic carbocycles. The van der Waals surface area contributed by atoms with Crippen LogP contribution in [0.4, 0.5) is 5.95 Å². The van der Waals surface area contributed by atoms with Crippen LogP contribution >= 0.6 is 11.8 Å². The number of rotatable bonds is 5. The van der Waals surface area contributed by atoms with Crippen molar-refractivity contribution in [2.75, 3.05) is 20.0 Å². The van der Waals surface area contributed by atoms with Crippen LogP contribution in [0.25, 0.3) is 22.0 Å². The van der Waals surface area contributed by atoms with Crippen LogP contribution in [0.1, 0.15) is 0 Å². The van der Waals surface area contributed by atoms with E-state index < -0.39 is 0 Å². The van der Waals surface area contributed by atoms with Crippen molar-refractivity contribution in [3.05, 3.63) is 66.7 Å². The molecule has 0 atom stereocenters. The van der Waals surface area contributed by atoms with Gasteiger partial charge in [0.2, 0.25) is 5.95 Å². The minimum absolute atomic E-state index is 0.231. The summed E-state index contributed by atoms with van der Waals surface area (Å²) >= 11 is 1.46. The largest absolute Gasteiger partial charge is 0.497 e. The summed E-state index contributed by atoms with van der Waals surface area (Å²) in [7, 11) is 3.28. The second kappa shape index (κ2) is 7.78. The molecule has 2 N–H and O–H groups in total. The highest BCUT2D eigenvalue weighted by molar-refractivity contribution is 7.99. The van der Waals surface area contributed by atoms with Crippen LogP contribution in [0.5, 0.6) is 11.5 Å². The number of nitrogens with two attached hydrogens (primary N) is 1. The summed E-state index contributed by atoms with van der Waals surface area (Å²) in [5.74, 6) is 1.73. The van der Waals surface area contributed by atoms with Crippen molar-refractivity contribution in [1.29, 1.82) is 0 Å². The summed E-state index contributed by atoms with van der Waals surface area (Å²) < 4.78 is 10.8. The number of fused-ring (bicyclic) bond motifs is 1. The van der Waals surface area contributed by atoms with Gasteiger partial charge in [-0.05, 0) is 35.0 Å². The molecule has 1 aromatic heterocycles. The first kappa shape index (κ1) is 18.1. The van der Waals surface area contributed by atoms with Gasteiger partial charge < -0.3 is 15.2 Å². The molecule has 1 heterocycles. The third-order valence-electron chi connectivity index (χ3n) is 4.37. The Bertz CT molecular complexity index is 1140. The van der Waals surface area contributed by atoms with E-state index in [2.05, 4.69) is 28.2 Å². The second-order valence-corrected chi connectivity index (χ2v) is 7.16. The van der Waals surface area contributed by atoms with Gasteiger partial charge in [-0.2, -0.15) is 0 Å². The summed E-state index contributed by atoms with van der Waals surface area (Å²) in [5.41, 5.74) is 7.84. The van der Waals surface area contributed by atoms with Gasteiger partial charge in [-0.1, -0.05) is 54.2 Å². The number of methoxy groups -OCH3 is 2. The molecule has 0 fully saturated rings. The third kappa shape index (κ3) is 3.59. The van der Waals surface area contributed by atoms with E-state index in [1.54, 1.807) is 14.2 Å². The second-order valence-electron chi connectivity index (χ2n) is 6.10. The molecule has 0 bridgehead atoms. The first-order chi connectivity index (χ1) is 13.7. The molecule has 6 heteroatoms. The molecule has 140 valence electrons. The summed E-state index contributed by atoms with van der Waals surface area (Å²) in [6.07, 6.45) is 0. The Kier molecular flexibility index (Phi) is 5.04. The number of benzene rings is 3. The molecule has 0 aliphatic heterocycles. The molecule has 0 unspecified atom stereocenters. The van der Waals surface area contributed by atoms with Crippen LogP contribution in [0.2, 0.25) is 0 Å². The normalized spacial score (nSPS) is 10.8. The average Bonchev–Trinajstić information content (AvgIpc) is 2.72. The van der Waals surface area contributed by atoms with Crippen LogP contribution < -0.4 is 15.2 Å². The molecule has 5 nitrogen and oxygen atoms in total. The van der Waals surface area contributed by atoms with Crippen molar-refractivity contribution in [1.82, 2.24) is 9.97 Å². The van der Waals surface area contributed by atoms with E-state index in [4.69, 9.17) is 15.2 Å². The number of hydrogen-bond acceptors (Lipinski definition) is 6. The number of ether oxygens (including phenoxy) is 2. The Morgan fingerprint density at radius 2 is 1.68 bits per heavy atom. The fraction of sp³-hybridized carbons (Fsp3) is 0.0909. The van der Waals surface area contributed by atoms with Crippen LogP contribution in [0.15, 0.2) is 76.7 Å². The lowest BCUT2D eigenvalue weighted by Gasteiger charge is -2.11. The van der Waals surface area contributed by atoms with Gasteiger partial charge in [-0.15, -0.1) is 0 Å². The quantitative estimate of drug-likeness (QED) is 0.482. The predicted octanol–water partition coefficient (Wildman–Crippen LogP) is 5.05. The van der Waals surface area contributed by atoms with Gasteiger partial charge in [-0.25, -0.2) is 9.97 Å². The van der Waals surface area contributed by atoms with E-state index in [9.17, 15) is 0 Å². The molecule has 0 saturated carbocycles. The van der Waals surface area contributed by atoms with Crippen molar-refractivity contribution >= 4 is 28.5 Å². The summed E-state index contributed by atoms with van der Waals surface area (Å²) in [6.45, 7) is 0. The number of aromatic nitrogens is 2. The maximum Gasteiger partial charge on any atom is 0.221 e. The molecular weight excluding hydrogens is 370 g/mol. The molecular formula is C22H19N3O2S. The van der Waals surface area contributed by atoms with Gasteiger partial charge in [0.1, 0.15) is 16.5 Å². The zero-order chi connectivity index (χ0) is 19.5. The Hall–Kier alpha value is -3.25. The first-order valence-corrected chi connectivity index (χ1v) is 9.52. The van der Waals surface area contributed by atoms with Gasteiger partial charge >= 0.3 is 0 Å². The smallest absolute Gasteiger partial charge is 0.221 e. The van der Waals surface area contributed by atoms with Crippen molar-refractivity contribution < 1.29 is 9.47 Å². The maximum atomic E-state index is 6.03. The van der Waals surface area contributed by atoms with Gasteiger partial charge in [0.15, 0.2) is 0 Å². The van der Waals surface area contributed by atoms with Crippen LogP contribution in [0.3, 0.4) is 0 Å². The standard InChI is InChI=1S/C22H19N3O2S/c1-26-15-10-11-19(27-2)20(12-15)28-21-13-18(24-22(23)25-21)17-9-5-7-14-6-3-4-8-16(14)17/h3-13H,1-2H3,(H2,23,24,25). The van der Waals surface area contributed by atoms with E-state index in [0.29, 0.717) is 0 Å². The molecule has 0 aliphatic carbocycles. The average molecular weight is 389 g/mol. The monoisotopic (exact) mass is 389 g/mol. The lowest BCUT2D eigenvalue weighted by Crippen LogP contribution is -1.98. The molecule has 0 amide bonds. The van der Waals surface area contributed by atoms with E-state index in [-0.39, 0.29) is 5.95 Å². The van der Waals surface area contributed by atoms with Crippen molar-refractivity contribution in [2.24, 2.45) is 0 Å². The summed E-state index contributed by atoms with van der Waals surface area (Å²) in [5, 5.41) is 3.01. The lowest BCUT2D eigenvalue weighted by molar-refractivity contribution is 0.394. The Morgan fingerprint density at radius 1 is 0.857 bits per heavy atom. The van der Waals surface area contributed by atoms with Crippen LogP contribution in [-0.4, -0.2) is 24.2 Å². The van der Waals surface area contributed by atoms with Crippen molar-refractivity contribution in [3.63, 3.8) is 0 Å². The topological polar surface area (TPSA) is 70.3 Å². The molecule has 4 rings (SSSR count). The Labute approximate surface area is 167 Å². The van der Waals surface area contributed by atoms with Crippen LogP contribution in [-0.2, 0) is 0 Å². The third-order valence-corrected chi connectivity index (χ3v) is 5.33. The highest BCUT2D eigenvalue weighted by atomic mass is 32.2. The minimum atomic E-state index is 0.231. The van der Waals surface area contributed by atoms with E-state index in [1.807, 2.05) is 48.5 Å². The molecule has 0 radical (unpaired) electrons. The molecule has 4 aromatic rings. The molecule has 0 aliphatic rings. The zero-order valence-electron chi connectivity index (χ0n) is 15.5. The van der Waals surface area contributed by atoms with E-state index in [1.165, 1.54) is 11.8 Å². The summed E-state index contributed by atoms with van der Waals surface area (Å²) in [6, 6.07) is 22.0. The lowest BCUT2D eigenvalue weighted by atomic mass is 10.0. The minimum Gasteiger partial charge on any atom is -0.497 e. The number of anilines is 1. The fourth-order valence-corrected chi connectivity index (χ4v) is 4.02. The molecule has 0 saturated heterocycles. The first-order valence-electron chi connectivity index (χ1n) is 8.70. The zero-order valence-corrected chi connectivity index (χ0v) is 16.4. The van der Waals surface area contributed by atoms with Crippen molar-refractivity contribution in [2.45, 2.75) is 9.92 Å². The number of hydrogen-bond donors (Lipinski definition) is 1. The fourth-order valence-electron chi connectivity index (χ4n) is 3.06. The number of nitrogen functional groups attached to an aromatic ring is 1. The van der Waals surface area contributed by atoms with Gasteiger partial charge in [0.05, 0.1) is 24.8 Å². The van der Waals surface area contributed by atoms with Gasteiger partial charge in [0.25, 0.3) is 0 Å². The molecule has 28 heavy (non-hydrogen) atoms. The van der Waals surface area contributed by atoms with Crippen LogP contribution in [0, 0.1) is 0 Å². The summed E-state index contributed by atoms with van der Waals surface area (Å²) in [4.78, 5) is 9.76. The van der Waals surface area contributed by atoms with Gasteiger partial charge in [-0.3, -0.25) is 0 Å². The van der Waals surface area contributed by atoms with Gasteiger partial charge in [0, 0.05) is 5.56 Å². The van der Waals surface area contributed by atoms with E-state index in [0.717, 1.165) is 43.5 Å². The maximum absolute atomic E-state index is 6.03. The number of nitrogens with zero attached hydrogens (tertiary/aromatic N) is 2. The Morgan fingerprint density at radius 3 is 2.50 bits per heavy atom. The Balaban J connectivity index is 1.78. The highest BCUT2D eigenvalue weighted by Crippen LogP contribution is 2.38. The molecule has 0 spiro atoms.